The van der Waals surface area contributed by atoms with E-state index in [0.29, 0.717) is 34.1 Å². The molecule has 0 amide bonds. The molecule has 0 aliphatic heterocycles. The second kappa shape index (κ2) is 11.8. The van der Waals surface area contributed by atoms with Gasteiger partial charge in [0.05, 0.1) is 12.7 Å². The van der Waals surface area contributed by atoms with Crippen LogP contribution in [0.25, 0.3) is 11.5 Å². The number of esters is 1. The predicted molar refractivity (Wildman–Crippen MR) is 142 cm³/mol. The zero-order valence-electron chi connectivity index (χ0n) is 20.9. The summed E-state index contributed by atoms with van der Waals surface area (Å²) in [6.45, 7) is 0. The van der Waals surface area contributed by atoms with E-state index >= 15 is 0 Å². The maximum atomic E-state index is 12.5. The maximum absolute atomic E-state index is 12.5. The van der Waals surface area contributed by atoms with Gasteiger partial charge in [-0.25, -0.2) is 14.6 Å². The van der Waals surface area contributed by atoms with Gasteiger partial charge in [-0.3, -0.25) is 0 Å². The van der Waals surface area contributed by atoms with Crippen LogP contribution in [0.3, 0.4) is 0 Å². The van der Waals surface area contributed by atoms with E-state index in [2.05, 4.69) is 4.98 Å². The van der Waals surface area contributed by atoms with Crippen LogP contribution in [-0.2, 0) is 6.42 Å². The van der Waals surface area contributed by atoms with Crippen LogP contribution in [0.5, 0.6) is 23.2 Å². The lowest BCUT2D eigenvalue weighted by Gasteiger charge is -2.06. The minimum atomic E-state index is -0.959. The summed E-state index contributed by atoms with van der Waals surface area (Å²) in [6, 6.07) is 31.4. The zero-order chi connectivity index (χ0) is 27.0. The Balaban J connectivity index is 1.35. The average molecular weight is 522 g/mol. The van der Waals surface area contributed by atoms with Gasteiger partial charge in [0, 0.05) is 12.0 Å². The number of oxazole rings is 1. The molecular formula is C31H23NO7. The van der Waals surface area contributed by atoms with E-state index < -0.39 is 12.1 Å². The fourth-order valence-electron chi connectivity index (χ4n) is 3.67. The van der Waals surface area contributed by atoms with E-state index in [-0.39, 0.29) is 18.3 Å². The molecule has 5 aromatic rings. The Morgan fingerprint density at radius 1 is 0.692 bits per heavy atom. The first-order valence-corrected chi connectivity index (χ1v) is 12.0. The highest BCUT2D eigenvalue weighted by molar-refractivity contribution is 5.91. The Morgan fingerprint density at radius 2 is 1.31 bits per heavy atom. The van der Waals surface area contributed by atoms with Crippen molar-refractivity contribution in [1.29, 1.82) is 0 Å². The number of hydrogen-bond donors (Lipinski definition) is 0. The van der Waals surface area contributed by atoms with Crippen LogP contribution < -0.4 is 18.9 Å². The molecule has 4 aromatic carbocycles. The summed E-state index contributed by atoms with van der Waals surface area (Å²) in [5.41, 5.74) is 2.25. The molecular weight excluding hydrogens is 498 g/mol. The molecule has 0 fully saturated rings. The van der Waals surface area contributed by atoms with Gasteiger partial charge in [0.1, 0.15) is 22.9 Å². The summed E-state index contributed by atoms with van der Waals surface area (Å²) >= 11 is 0. The molecule has 0 aliphatic carbocycles. The van der Waals surface area contributed by atoms with Crippen molar-refractivity contribution in [2.45, 2.75) is 6.42 Å². The number of methoxy groups -OCH3 is 1. The molecule has 1 heterocycles. The minimum absolute atomic E-state index is 0.0886. The van der Waals surface area contributed by atoms with Gasteiger partial charge in [0.15, 0.2) is 0 Å². The minimum Gasteiger partial charge on any atom is -0.497 e. The molecule has 8 nitrogen and oxygen atoms in total. The molecule has 0 aliphatic rings. The standard InChI is InChI=1S/C31H23NO7/c1-35-24-18-16-22(17-19-24)28-32-27(30(38-28)39-31(34)37-26-10-6-3-7-11-26)20-21-12-14-23(15-13-21)29(33)36-25-8-4-2-5-9-25/h2-19H,20H2,1H3. The van der Waals surface area contributed by atoms with Gasteiger partial charge in [-0.1, -0.05) is 48.5 Å². The Hall–Kier alpha value is -5.37. The highest BCUT2D eigenvalue weighted by atomic mass is 16.8. The number of rotatable bonds is 8. The van der Waals surface area contributed by atoms with Crippen LogP contribution in [0, 0.1) is 0 Å². The molecule has 0 unspecified atom stereocenters. The molecule has 194 valence electrons. The number of aromatic nitrogens is 1. The first-order chi connectivity index (χ1) is 19.1. The van der Waals surface area contributed by atoms with E-state index in [4.69, 9.17) is 23.4 Å². The van der Waals surface area contributed by atoms with E-state index in [0.717, 1.165) is 5.56 Å². The summed E-state index contributed by atoms with van der Waals surface area (Å²) in [6.07, 6.45) is -0.694. The largest absolute Gasteiger partial charge is 0.521 e. The topological polar surface area (TPSA) is 97.1 Å². The third kappa shape index (κ3) is 6.50. The summed E-state index contributed by atoms with van der Waals surface area (Å²) in [5, 5.41) is 0. The fraction of sp³-hybridized carbons (Fsp3) is 0.0645. The molecule has 5 rings (SSSR count). The number of para-hydroxylation sites is 2. The van der Waals surface area contributed by atoms with E-state index in [1.807, 2.05) is 6.07 Å². The van der Waals surface area contributed by atoms with Crippen molar-refractivity contribution < 1.29 is 33.0 Å². The van der Waals surface area contributed by atoms with Crippen LogP contribution in [-0.4, -0.2) is 24.2 Å². The molecule has 0 saturated heterocycles. The van der Waals surface area contributed by atoms with Gasteiger partial charge in [-0.15, -0.1) is 0 Å². The van der Waals surface area contributed by atoms with E-state index in [1.54, 1.807) is 110 Å². The van der Waals surface area contributed by atoms with E-state index in [9.17, 15) is 9.59 Å². The molecule has 39 heavy (non-hydrogen) atoms. The van der Waals surface area contributed by atoms with Crippen molar-refractivity contribution in [2.24, 2.45) is 0 Å². The summed E-state index contributed by atoms with van der Waals surface area (Å²) < 4.78 is 27.1. The van der Waals surface area contributed by atoms with E-state index in [1.165, 1.54) is 0 Å². The Morgan fingerprint density at radius 3 is 1.92 bits per heavy atom. The van der Waals surface area contributed by atoms with Gasteiger partial charge in [0.25, 0.3) is 0 Å². The first kappa shape index (κ1) is 25.3. The number of ether oxygens (including phenoxy) is 4. The van der Waals surface area contributed by atoms with Crippen LogP contribution in [0.2, 0.25) is 0 Å². The SMILES string of the molecule is COc1ccc(-c2nc(Cc3ccc(C(=O)Oc4ccccc4)cc3)c(OC(=O)Oc3ccccc3)o2)cc1. The number of hydrogen-bond acceptors (Lipinski definition) is 8. The third-order valence-electron chi connectivity index (χ3n) is 5.63. The smallest absolute Gasteiger partial charge is 0.497 e. The fourth-order valence-corrected chi connectivity index (χ4v) is 3.67. The zero-order valence-corrected chi connectivity index (χ0v) is 20.9. The van der Waals surface area contributed by atoms with Crippen molar-refractivity contribution in [3.8, 4) is 34.6 Å². The quantitative estimate of drug-likeness (QED) is 0.126. The molecule has 0 spiro atoms. The molecule has 0 atom stereocenters. The summed E-state index contributed by atoms with van der Waals surface area (Å²) in [4.78, 5) is 29.5. The highest BCUT2D eigenvalue weighted by Gasteiger charge is 2.21. The Labute approximate surface area is 224 Å². The lowest BCUT2D eigenvalue weighted by Crippen LogP contribution is -2.14. The van der Waals surface area contributed by atoms with Crippen LogP contribution in [0.4, 0.5) is 4.79 Å². The molecule has 0 saturated carbocycles. The van der Waals surface area contributed by atoms with Gasteiger partial charge in [-0.05, 0) is 66.2 Å². The molecule has 0 N–H and O–H groups in total. The van der Waals surface area contributed by atoms with Crippen LogP contribution in [0.15, 0.2) is 114 Å². The lowest BCUT2D eigenvalue weighted by atomic mass is 10.1. The maximum Gasteiger partial charge on any atom is 0.521 e. The van der Waals surface area contributed by atoms with Gasteiger partial charge in [-0.2, -0.15) is 0 Å². The van der Waals surface area contributed by atoms with Crippen molar-refractivity contribution in [3.63, 3.8) is 0 Å². The molecule has 0 radical (unpaired) electrons. The summed E-state index contributed by atoms with van der Waals surface area (Å²) in [7, 11) is 1.58. The second-order valence-corrected chi connectivity index (χ2v) is 8.33. The lowest BCUT2D eigenvalue weighted by molar-refractivity contribution is 0.0734. The monoisotopic (exact) mass is 521 g/mol. The number of carbonyl (C=O) groups is 2. The normalized spacial score (nSPS) is 10.5. The molecule has 8 heteroatoms. The number of benzene rings is 4. The molecule has 0 bridgehead atoms. The molecule has 1 aromatic heterocycles. The van der Waals surface area contributed by atoms with Gasteiger partial charge >= 0.3 is 18.1 Å². The van der Waals surface area contributed by atoms with Crippen molar-refractivity contribution in [2.75, 3.05) is 7.11 Å². The Bertz CT molecular complexity index is 1540. The Kier molecular flexibility index (Phi) is 7.64. The average Bonchev–Trinajstić information content (AvgIpc) is 3.36. The number of nitrogens with zero attached hydrogens (tertiary/aromatic N) is 1. The summed E-state index contributed by atoms with van der Waals surface area (Å²) in [5.74, 6) is 1.18. The first-order valence-electron chi connectivity index (χ1n) is 12.0. The number of carbonyl (C=O) groups excluding carboxylic acids is 2. The van der Waals surface area contributed by atoms with Crippen LogP contribution >= 0.6 is 0 Å². The highest BCUT2D eigenvalue weighted by Crippen LogP contribution is 2.31. The van der Waals surface area contributed by atoms with Gasteiger partial charge in [0.2, 0.25) is 5.89 Å². The second-order valence-electron chi connectivity index (χ2n) is 8.33. The van der Waals surface area contributed by atoms with Crippen molar-refractivity contribution >= 4 is 12.1 Å². The van der Waals surface area contributed by atoms with Crippen LogP contribution in [0.1, 0.15) is 21.6 Å². The van der Waals surface area contributed by atoms with Crippen molar-refractivity contribution in [3.05, 3.63) is 126 Å². The van der Waals surface area contributed by atoms with Crippen molar-refractivity contribution in [1.82, 2.24) is 4.98 Å². The third-order valence-corrected chi connectivity index (χ3v) is 5.63. The predicted octanol–water partition coefficient (Wildman–Crippen LogP) is 6.74. The van der Waals surface area contributed by atoms with Gasteiger partial charge < -0.3 is 23.4 Å².